The average Bonchev–Trinajstić information content (AvgIpc) is 2.88. The number of aromatic nitrogens is 2. The molecular weight excluding hydrogens is 283 g/mol. The summed E-state index contributed by atoms with van der Waals surface area (Å²) < 4.78 is 13.4. The number of nitrogens with zero attached hydrogens (tertiary/aromatic N) is 4. The summed E-state index contributed by atoms with van der Waals surface area (Å²) in [5.74, 6) is -0.238. The molecule has 1 fully saturated rings. The molecule has 1 aliphatic heterocycles. The van der Waals surface area contributed by atoms with E-state index in [0.29, 0.717) is 0 Å². The number of fused-ring (bicyclic) bond motifs is 1. The van der Waals surface area contributed by atoms with Crippen molar-refractivity contribution >= 4 is 10.9 Å². The molecule has 1 saturated heterocycles. The zero-order chi connectivity index (χ0) is 15.7. The van der Waals surface area contributed by atoms with E-state index in [4.69, 9.17) is 0 Å². The number of rotatable bonds is 4. The van der Waals surface area contributed by atoms with E-state index < -0.39 is 5.60 Å². The number of benzene rings is 1. The third-order valence-electron chi connectivity index (χ3n) is 4.17. The largest absolute Gasteiger partial charge is 0.390 e. The normalized spacial score (nSPS) is 17.4. The smallest absolute Gasteiger partial charge is 0.125 e. The van der Waals surface area contributed by atoms with Crippen molar-refractivity contribution in [3.05, 3.63) is 30.2 Å². The molecule has 2 aromatic rings. The van der Waals surface area contributed by atoms with Crippen LogP contribution >= 0.6 is 0 Å². The van der Waals surface area contributed by atoms with E-state index in [-0.39, 0.29) is 5.82 Å². The number of halogens is 1. The van der Waals surface area contributed by atoms with Crippen molar-refractivity contribution in [2.45, 2.75) is 25.9 Å². The molecule has 1 aromatic heterocycles. The van der Waals surface area contributed by atoms with Crippen molar-refractivity contribution in [2.24, 2.45) is 0 Å². The lowest BCUT2D eigenvalue weighted by Gasteiger charge is -2.36. The van der Waals surface area contributed by atoms with Crippen LogP contribution in [0.5, 0.6) is 0 Å². The molecule has 0 unspecified atom stereocenters. The van der Waals surface area contributed by atoms with Gasteiger partial charge in [-0.15, -0.1) is 0 Å². The fourth-order valence-electron chi connectivity index (χ4n) is 2.79. The molecule has 120 valence electrons. The van der Waals surface area contributed by atoms with Gasteiger partial charge in [-0.2, -0.15) is 9.89 Å². The number of hydrogen-bond donors (Lipinski definition) is 1. The zero-order valence-electron chi connectivity index (χ0n) is 13.2. The summed E-state index contributed by atoms with van der Waals surface area (Å²) in [6.45, 7) is 8.12. The fourth-order valence-corrected chi connectivity index (χ4v) is 2.79. The second-order valence-electron chi connectivity index (χ2n) is 6.59. The quantitative estimate of drug-likeness (QED) is 0.932. The Morgan fingerprint density at radius 2 is 1.95 bits per heavy atom. The zero-order valence-corrected chi connectivity index (χ0v) is 13.2. The van der Waals surface area contributed by atoms with Crippen LogP contribution in [-0.4, -0.2) is 58.2 Å². The van der Waals surface area contributed by atoms with Gasteiger partial charge in [0, 0.05) is 44.2 Å². The monoisotopic (exact) mass is 306 g/mol. The van der Waals surface area contributed by atoms with Gasteiger partial charge >= 0.3 is 0 Å². The molecule has 6 heteroatoms. The minimum absolute atomic E-state index is 0.238. The van der Waals surface area contributed by atoms with E-state index in [9.17, 15) is 9.50 Å². The summed E-state index contributed by atoms with van der Waals surface area (Å²) in [6.07, 6.45) is 2.54. The first-order valence-corrected chi connectivity index (χ1v) is 7.76. The first-order chi connectivity index (χ1) is 10.4. The van der Waals surface area contributed by atoms with Crippen LogP contribution in [0.25, 0.3) is 10.9 Å². The highest BCUT2D eigenvalue weighted by Crippen LogP contribution is 2.16. The van der Waals surface area contributed by atoms with E-state index >= 15 is 0 Å². The molecule has 2 heterocycles. The van der Waals surface area contributed by atoms with Gasteiger partial charge in [0.05, 0.1) is 17.3 Å². The van der Waals surface area contributed by atoms with Gasteiger partial charge in [-0.3, -0.25) is 9.91 Å². The van der Waals surface area contributed by atoms with Gasteiger partial charge in [-0.1, -0.05) is 0 Å². The van der Waals surface area contributed by atoms with Crippen LogP contribution in [0.1, 0.15) is 20.3 Å². The Morgan fingerprint density at radius 1 is 1.23 bits per heavy atom. The molecule has 5 nitrogen and oxygen atoms in total. The lowest BCUT2D eigenvalue weighted by atomic mass is 10.1. The lowest BCUT2D eigenvalue weighted by molar-refractivity contribution is 0.0561. The molecular formula is C16H23FN4O. The lowest BCUT2D eigenvalue weighted by Crippen LogP contribution is -2.52. The first-order valence-electron chi connectivity index (χ1n) is 7.76. The Labute approximate surface area is 129 Å². The second-order valence-corrected chi connectivity index (χ2v) is 6.59. The third kappa shape index (κ3) is 3.39. The molecule has 3 rings (SSSR count). The van der Waals surface area contributed by atoms with Gasteiger partial charge < -0.3 is 5.11 Å². The molecule has 0 atom stereocenters. The molecule has 0 aliphatic carbocycles. The molecule has 0 radical (unpaired) electrons. The molecule has 0 spiro atoms. The van der Waals surface area contributed by atoms with Crippen LogP contribution < -0.4 is 5.01 Å². The molecule has 22 heavy (non-hydrogen) atoms. The van der Waals surface area contributed by atoms with E-state index in [1.807, 2.05) is 18.6 Å². The highest BCUT2D eigenvalue weighted by Gasteiger charge is 2.21. The van der Waals surface area contributed by atoms with Gasteiger partial charge in [-0.05, 0) is 32.4 Å². The number of piperazine rings is 1. The van der Waals surface area contributed by atoms with Gasteiger partial charge in [0.2, 0.25) is 0 Å². The van der Waals surface area contributed by atoms with Crippen molar-refractivity contribution in [1.29, 1.82) is 0 Å². The Hall–Kier alpha value is -1.66. The van der Waals surface area contributed by atoms with Gasteiger partial charge in [-0.25, -0.2) is 4.39 Å². The van der Waals surface area contributed by atoms with Crippen LogP contribution in [0.4, 0.5) is 4.39 Å². The summed E-state index contributed by atoms with van der Waals surface area (Å²) in [5.41, 5.74) is 0.192. The molecule has 0 amide bonds. The standard InChI is InChI=1S/C16H23FN4O/c1-16(2,22)5-6-19-7-9-20(10-8-19)21-15-11-14(17)4-3-13(15)12-18-21/h3-4,11-12,22H,5-10H2,1-2H3. The first kappa shape index (κ1) is 15.2. The SMILES string of the molecule is CC(C)(O)CCN1CCN(n2ncc3ccc(F)cc32)CC1. The summed E-state index contributed by atoms with van der Waals surface area (Å²) in [7, 11) is 0. The maximum atomic E-state index is 13.4. The minimum atomic E-state index is -0.618. The molecule has 1 aliphatic rings. The molecule has 0 bridgehead atoms. The summed E-state index contributed by atoms with van der Waals surface area (Å²) >= 11 is 0. The van der Waals surface area contributed by atoms with Gasteiger partial charge in [0.15, 0.2) is 0 Å². The molecule has 1 N–H and O–H groups in total. The van der Waals surface area contributed by atoms with Crippen LogP contribution in [0, 0.1) is 5.82 Å². The number of aliphatic hydroxyl groups is 1. The van der Waals surface area contributed by atoms with Crippen molar-refractivity contribution in [3.8, 4) is 0 Å². The predicted molar refractivity (Wildman–Crippen MR) is 85.0 cm³/mol. The Balaban J connectivity index is 1.64. The number of hydrogen-bond acceptors (Lipinski definition) is 4. The van der Waals surface area contributed by atoms with Gasteiger partial charge in [0.25, 0.3) is 0 Å². The second kappa shape index (κ2) is 5.85. The fraction of sp³-hybridized carbons (Fsp3) is 0.562. The maximum Gasteiger partial charge on any atom is 0.125 e. The van der Waals surface area contributed by atoms with Crippen LogP contribution in [0.2, 0.25) is 0 Å². The van der Waals surface area contributed by atoms with Gasteiger partial charge in [0.1, 0.15) is 5.82 Å². The Morgan fingerprint density at radius 3 is 2.64 bits per heavy atom. The average molecular weight is 306 g/mol. The van der Waals surface area contributed by atoms with Crippen molar-refractivity contribution < 1.29 is 9.50 Å². The molecule has 0 saturated carbocycles. The van der Waals surface area contributed by atoms with Crippen LogP contribution in [0.3, 0.4) is 0 Å². The van der Waals surface area contributed by atoms with Crippen molar-refractivity contribution in [2.75, 3.05) is 37.7 Å². The predicted octanol–water partition coefficient (Wildman–Crippen LogP) is 1.59. The van der Waals surface area contributed by atoms with E-state index in [2.05, 4.69) is 15.0 Å². The topological polar surface area (TPSA) is 44.5 Å². The minimum Gasteiger partial charge on any atom is -0.390 e. The highest BCUT2D eigenvalue weighted by molar-refractivity contribution is 5.78. The highest BCUT2D eigenvalue weighted by atomic mass is 19.1. The van der Waals surface area contributed by atoms with E-state index in [1.54, 1.807) is 12.3 Å². The van der Waals surface area contributed by atoms with Crippen LogP contribution in [-0.2, 0) is 0 Å². The summed E-state index contributed by atoms with van der Waals surface area (Å²) in [6, 6.07) is 4.75. The Bertz CT molecular complexity index is 641. The van der Waals surface area contributed by atoms with Crippen LogP contribution in [0.15, 0.2) is 24.4 Å². The van der Waals surface area contributed by atoms with Crippen molar-refractivity contribution in [1.82, 2.24) is 14.8 Å². The van der Waals surface area contributed by atoms with E-state index in [1.165, 1.54) is 12.1 Å². The van der Waals surface area contributed by atoms with Crippen molar-refractivity contribution in [3.63, 3.8) is 0 Å². The summed E-state index contributed by atoms with van der Waals surface area (Å²) in [4.78, 5) is 4.16. The molecule has 1 aromatic carbocycles. The summed E-state index contributed by atoms with van der Waals surface area (Å²) in [5, 5.41) is 17.3. The third-order valence-corrected chi connectivity index (χ3v) is 4.17. The Kier molecular flexibility index (Phi) is 4.06. The van der Waals surface area contributed by atoms with E-state index in [0.717, 1.165) is 50.0 Å². The maximum absolute atomic E-state index is 13.4.